The van der Waals surface area contributed by atoms with Crippen LogP contribution in [0.25, 0.3) is 0 Å². The Hall–Kier alpha value is -2.35. The van der Waals surface area contributed by atoms with Crippen LogP contribution in [0.4, 0.5) is 11.4 Å². The van der Waals surface area contributed by atoms with Crippen molar-refractivity contribution in [3.8, 4) is 0 Å². The van der Waals surface area contributed by atoms with Crippen molar-refractivity contribution < 1.29 is 14.5 Å². The summed E-state index contributed by atoms with van der Waals surface area (Å²) in [5, 5.41) is 16.0. The first-order valence-electron chi connectivity index (χ1n) is 5.65. The number of nitro groups is 1. The van der Waals surface area contributed by atoms with Gasteiger partial charge in [0, 0.05) is 18.2 Å². The minimum atomic E-state index is -0.719. The van der Waals surface area contributed by atoms with Crippen molar-refractivity contribution in [3.05, 3.63) is 32.8 Å². The molecule has 0 aliphatic rings. The Balaban J connectivity index is 3.14. The van der Waals surface area contributed by atoms with Crippen molar-refractivity contribution in [2.45, 2.75) is 6.92 Å². The Morgan fingerprint density at radius 2 is 2.10 bits per heavy atom. The highest BCUT2D eigenvalue weighted by atomic mass is 35.5. The predicted octanol–water partition coefficient (Wildman–Crippen LogP) is 0.895. The molecule has 0 saturated carbocycles. The van der Waals surface area contributed by atoms with Crippen LogP contribution in [-0.2, 0) is 4.79 Å². The highest BCUT2D eigenvalue weighted by molar-refractivity contribution is 6.34. The number of nitro benzene ring substituents is 1. The zero-order chi connectivity index (χ0) is 15.3. The average Bonchev–Trinajstić information content (AvgIpc) is 2.37. The number of nitrogens with two attached hydrogens (primary N) is 1. The minimum absolute atomic E-state index is 0.0235. The number of nitrogens with one attached hydrogen (secondary N) is 2. The molecule has 0 unspecified atom stereocenters. The fraction of sp³-hybridized carbons (Fsp3) is 0.273. The lowest BCUT2D eigenvalue weighted by atomic mass is 10.1. The van der Waals surface area contributed by atoms with Gasteiger partial charge < -0.3 is 16.4 Å². The summed E-state index contributed by atoms with van der Waals surface area (Å²) >= 11 is 5.93. The molecule has 20 heavy (non-hydrogen) atoms. The van der Waals surface area contributed by atoms with Gasteiger partial charge in [0.2, 0.25) is 5.91 Å². The van der Waals surface area contributed by atoms with Gasteiger partial charge in [0.05, 0.1) is 16.5 Å². The smallest absolute Gasteiger partial charge is 0.294 e. The number of hydrogen-bond acceptors (Lipinski definition) is 5. The number of nitrogens with zero attached hydrogens (tertiary/aromatic N) is 1. The van der Waals surface area contributed by atoms with E-state index in [-0.39, 0.29) is 28.5 Å². The highest BCUT2D eigenvalue weighted by Gasteiger charge is 2.21. The SMILES string of the molecule is CCNc1c(Cl)cc(C(=O)NCC(N)=O)cc1[N+](=O)[O-]. The second-order valence-corrected chi connectivity index (χ2v) is 4.20. The molecule has 0 aliphatic heterocycles. The fourth-order valence-corrected chi connectivity index (χ4v) is 1.77. The summed E-state index contributed by atoms with van der Waals surface area (Å²) in [6.07, 6.45) is 0. The van der Waals surface area contributed by atoms with Gasteiger partial charge in [-0.15, -0.1) is 0 Å². The van der Waals surface area contributed by atoms with E-state index in [1.807, 2.05) is 0 Å². The van der Waals surface area contributed by atoms with E-state index in [9.17, 15) is 19.7 Å². The molecular weight excluding hydrogens is 288 g/mol. The van der Waals surface area contributed by atoms with Gasteiger partial charge in [0.15, 0.2) is 0 Å². The summed E-state index contributed by atoms with van der Waals surface area (Å²) < 4.78 is 0. The zero-order valence-electron chi connectivity index (χ0n) is 10.6. The van der Waals surface area contributed by atoms with Crippen LogP contribution in [0.2, 0.25) is 5.02 Å². The number of rotatable bonds is 6. The van der Waals surface area contributed by atoms with Crippen molar-refractivity contribution in [1.29, 1.82) is 0 Å². The third-order valence-electron chi connectivity index (χ3n) is 2.31. The Labute approximate surface area is 119 Å². The van der Waals surface area contributed by atoms with Crippen LogP contribution in [0, 0.1) is 10.1 Å². The standard InChI is InChI=1S/C11H13ClN4O4/c1-2-14-10-7(12)3-6(4-8(10)16(19)20)11(18)15-5-9(13)17/h3-4,14H,2,5H2,1H3,(H2,13,17)(H,15,18). The quantitative estimate of drug-likeness (QED) is 0.531. The molecule has 0 atom stereocenters. The molecule has 1 aromatic rings. The molecule has 9 heteroatoms. The lowest BCUT2D eigenvalue weighted by Crippen LogP contribution is -2.33. The van der Waals surface area contributed by atoms with E-state index >= 15 is 0 Å². The van der Waals surface area contributed by atoms with Crippen LogP contribution in [0.5, 0.6) is 0 Å². The van der Waals surface area contributed by atoms with Gasteiger partial charge in [-0.3, -0.25) is 19.7 Å². The number of hydrogen-bond donors (Lipinski definition) is 3. The maximum absolute atomic E-state index is 11.7. The Bertz CT molecular complexity index is 562. The third-order valence-corrected chi connectivity index (χ3v) is 2.60. The molecule has 2 amide bonds. The van der Waals surface area contributed by atoms with Crippen LogP contribution in [0.1, 0.15) is 17.3 Å². The van der Waals surface area contributed by atoms with Crippen molar-refractivity contribution in [1.82, 2.24) is 5.32 Å². The summed E-state index contributed by atoms with van der Waals surface area (Å²) in [7, 11) is 0. The van der Waals surface area contributed by atoms with E-state index in [2.05, 4.69) is 10.6 Å². The maximum Gasteiger partial charge on any atom is 0.294 e. The number of anilines is 1. The van der Waals surface area contributed by atoms with E-state index in [0.29, 0.717) is 6.54 Å². The first kappa shape index (κ1) is 15.7. The maximum atomic E-state index is 11.7. The Morgan fingerprint density at radius 3 is 2.60 bits per heavy atom. The van der Waals surface area contributed by atoms with Crippen LogP contribution in [0.15, 0.2) is 12.1 Å². The van der Waals surface area contributed by atoms with E-state index in [4.69, 9.17) is 17.3 Å². The highest BCUT2D eigenvalue weighted by Crippen LogP contribution is 2.33. The molecule has 0 saturated heterocycles. The van der Waals surface area contributed by atoms with Gasteiger partial charge in [-0.25, -0.2) is 0 Å². The fourth-order valence-electron chi connectivity index (χ4n) is 1.49. The van der Waals surface area contributed by atoms with Gasteiger partial charge in [0.1, 0.15) is 5.69 Å². The third kappa shape index (κ3) is 3.82. The molecule has 0 aromatic heterocycles. The lowest BCUT2D eigenvalue weighted by molar-refractivity contribution is -0.384. The summed E-state index contributed by atoms with van der Waals surface area (Å²) in [6.45, 7) is 1.83. The van der Waals surface area contributed by atoms with Crippen LogP contribution in [0.3, 0.4) is 0 Å². The largest absolute Gasteiger partial charge is 0.379 e. The summed E-state index contributed by atoms with van der Waals surface area (Å²) in [5.41, 5.74) is 4.70. The normalized spacial score (nSPS) is 9.90. The monoisotopic (exact) mass is 300 g/mol. The number of benzene rings is 1. The predicted molar refractivity (Wildman–Crippen MR) is 73.8 cm³/mol. The first-order chi connectivity index (χ1) is 9.36. The molecule has 1 aromatic carbocycles. The van der Waals surface area contributed by atoms with Crippen LogP contribution < -0.4 is 16.4 Å². The van der Waals surface area contributed by atoms with E-state index in [1.165, 1.54) is 6.07 Å². The van der Waals surface area contributed by atoms with E-state index in [0.717, 1.165) is 6.07 Å². The van der Waals surface area contributed by atoms with Crippen LogP contribution in [-0.4, -0.2) is 29.8 Å². The van der Waals surface area contributed by atoms with E-state index in [1.54, 1.807) is 6.92 Å². The Morgan fingerprint density at radius 1 is 1.45 bits per heavy atom. The topological polar surface area (TPSA) is 127 Å². The number of carbonyl (C=O) groups is 2. The van der Waals surface area contributed by atoms with Crippen molar-refractivity contribution in [2.75, 3.05) is 18.4 Å². The van der Waals surface area contributed by atoms with E-state index < -0.39 is 16.7 Å². The minimum Gasteiger partial charge on any atom is -0.379 e. The molecule has 108 valence electrons. The molecule has 1 rings (SSSR count). The molecule has 8 nitrogen and oxygen atoms in total. The van der Waals surface area contributed by atoms with Crippen LogP contribution >= 0.6 is 11.6 Å². The first-order valence-corrected chi connectivity index (χ1v) is 6.03. The van der Waals surface area contributed by atoms with Crippen molar-refractivity contribution in [3.63, 3.8) is 0 Å². The Kier molecular flexibility index (Phi) is 5.27. The molecule has 0 fully saturated rings. The number of halogens is 1. The van der Waals surface area contributed by atoms with Gasteiger partial charge in [0.25, 0.3) is 11.6 Å². The summed E-state index contributed by atoms with van der Waals surface area (Å²) in [4.78, 5) is 32.7. The average molecular weight is 301 g/mol. The molecular formula is C11H13ClN4O4. The van der Waals surface area contributed by atoms with Gasteiger partial charge in [-0.1, -0.05) is 11.6 Å². The van der Waals surface area contributed by atoms with Crippen molar-refractivity contribution in [2.24, 2.45) is 5.73 Å². The van der Waals surface area contributed by atoms with Gasteiger partial charge >= 0.3 is 0 Å². The molecule has 0 aliphatic carbocycles. The van der Waals surface area contributed by atoms with Gasteiger partial charge in [-0.2, -0.15) is 0 Å². The second kappa shape index (κ2) is 6.71. The zero-order valence-corrected chi connectivity index (χ0v) is 11.4. The van der Waals surface area contributed by atoms with Gasteiger partial charge in [-0.05, 0) is 13.0 Å². The second-order valence-electron chi connectivity index (χ2n) is 3.79. The lowest BCUT2D eigenvalue weighted by Gasteiger charge is -2.09. The van der Waals surface area contributed by atoms with Crippen molar-refractivity contribution >= 4 is 34.8 Å². The molecule has 4 N–H and O–H groups in total. The number of primary amides is 1. The molecule has 0 bridgehead atoms. The number of carbonyl (C=O) groups excluding carboxylic acids is 2. The number of amides is 2. The summed E-state index contributed by atoms with van der Waals surface area (Å²) in [6, 6.07) is 2.36. The molecule has 0 radical (unpaired) electrons. The molecule has 0 spiro atoms. The molecule has 0 heterocycles. The summed E-state index contributed by atoms with van der Waals surface area (Å²) in [5.74, 6) is -1.39.